The van der Waals surface area contributed by atoms with Crippen molar-refractivity contribution in [3.05, 3.63) is 52.6 Å². The van der Waals surface area contributed by atoms with Crippen LogP contribution in [0.3, 0.4) is 0 Å². The first-order valence-electron chi connectivity index (χ1n) is 9.21. The van der Waals surface area contributed by atoms with Crippen LogP contribution in [0.4, 0.5) is 0 Å². The summed E-state index contributed by atoms with van der Waals surface area (Å²) in [5.74, 6) is 5.87. The molecule has 0 amide bonds. The molecule has 0 radical (unpaired) electrons. The van der Waals surface area contributed by atoms with Crippen LogP contribution in [0.15, 0.2) is 30.3 Å². The molecular weight excluding hydrogens is 388 g/mol. The minimum absolute atomic E-state index is 0.205. The second kappa shape index (κ2) is 10.8. The van der Waals surface area contributed by atoms with Gasteiger partial charge in [0, 0.05) is 11.6 Å². The van der Waals surface area contributed by atoms with Crippen LogP contribution in [0.25, 0.3) is 0 Å². The average Bonchev–Trinajstić information content (AvgIpc) is 2.79. The lowest BCUT2D eigenvalue weighted by Gasteiger charge is -2.16. The van der Waals surface area contributed by atoms with Crippen molar-refractivity contribution in [1.29, 1.82) is 0 Å². The fraction of sp³-hybridized carbons (Fsp3) is 0.304. The van der Waals surface area contributed by atoms with E-state index in [4.69, 9.17) is 18.9 Å². The minimum Gasteiger partial charge on any atom is -0.493 e. The van der Waals surface area contributed by atoms with Crippen molar-refractivity contribution in [2.75, 3.05) is 35.0 Å². The molecule has 0 saturated carbocycles. The monoisotopic (exact) mass is 412 g/mol. The Bertz CT molecular complexity index is 966. The lowest BCUT2D eigenvalue weighted by Crippen LogP contribution is -2.10. The first kappa shape index (κ1) is 22.6. The van der Waals surface area contributed by atoms with Crippen LogP contribution in [-0.2, 0) is 9.47 Å². The van der Waals surface area contributed by atoms with Gasteiger partial charge in [0.25, 0.3) is 0 Å². The lowest BCUT2D eigenvalue weighted by atomic mass is 10.0. The first-order chi connectivity index (χ1) is 14.5. The van der Waals surface area contributed by atoms with Crippen LogP contribution in [0, 0.1) is 11.8 Å². The number of methoxy groups -OCH3 is 4. The number of hydrogen-bond donors (Lipinski definition) is 0. The third-order valence-electron chi connectivity index (χ3n) is 4.13. The number of hydrogen-bond acceptors (Lipinski definition) is 7. The standard InChI is InChI=1S/C23H24O7/c1-6-13-30-23(25)18-14-19(26-2)21(28-4)20(27-3)17(18)12-9-15-7-10-16(11-8-15)22(24)29-5/h7-8,10-11,14H,6,13H2,1-5H3. The molecule has 2 aromatic rings. The largest absolute Gasteiger partial charge is 0.493 e. The van der Waals surface area contributed by atoms with E-state index in [-0.39, 0.29) is 17.9 Å². The quantitative estimate of drug-likeness (QED) is 0.509. The van der Waals surface area contributed by atoms with Crippen molar-refractivity contribution in [1.82, 2.24) is 0 Å². The molecule has 0 unspecified atom stereocenters. The Hall–Kier alpha value is -3.66. The number of carbonyl (C=O) groups is 2. The summed E-state index contributed by atoms with van der Waals surface area (Å²) in [6.07, 6.45) is 0.684. The topological polar surface area (TPSA) is 80.3 Å². The van der Waals surface area contributed by atoms with Crippen molar-refractivity contribution >= 4 is 11.9 Å². The van der Waals surface area contributed by atoms with E-state index in [2.05, 4.69) is 16.6 Å². The van der Waals surface area contributed by atoms with Gasteiger partial charge in [0.2, 0.25) is 5.75 Å². The summed E-state index contributed by atoms with van der Waals surface area (Å²) in [5.41, 5.74) is 1.56. The molecular formula is C23H24O7. The van der Waals surface area contributed by atoms with E-state index in [9.17, 15) is 9.59 Å². The smallest absolute Gasteiger partial charge is 0.339 e. The molecule has 0 heterocycles. The SMILES string of the molecule is CCCOC(=O)c1cc(OC)c(OC)c(OC)c1C#Cc1ccc(C(=O)OC)cc1. The van der Waals surface area contributed by atoms with Crippen LogP contribution in [0.2, 0.25) is 0 Å². The average molecular weight is 412 g/mol. The maximum absolute atomic E-state index is 12.6. The molecule has 30 heavy (non-hydrogen) atoms. The zero-order valence-electron chi connectivity index (χ0n) is 17.7. The molecule has 0 N–H and O–H groups in total. The predicted molar refractivity (Wildman–Crippen MR) is 110 cm³/mol. The van der Waals surface area contributed by atoms with E-state index >= 15 is 0 Å². The van der Waals surface area contributed by atoms with Gasteiger partial charge in [-0.1, -0.05) is 18.8 Å². The second-order valence-electron chi connectivity index (χ2n) is 6.02. The zero-order chi connectivity index (χ0) is 22.1. The van der Waals surface area contributed by atoms with Crippen molar-refractivity contribution in [3.63, 3.8) is 0 Å². The van der Waals surface area contributed by atoms with Crippen molar-refractivity contribution in [3.8, 4) is 29.1 Å². The van der Waals surface area contributed by atoms with Crippen LogP contribution in [0.1, 0.15) is 45.2 Å². The van der Waals surface area contributed by atoms with Gasteiger partial charge in [-0.05, 0) is 30.7 Å². The molecule has 0 spiro atoms. The summed E-state index contributed by atoms with van der Waals surface area (Å²) >= 11 is 0. The number of carbonyl (C=O) groups excluding carboxylic acids is 2. The fourth-order valence-electron chi connectivity index (χ4n) is 2.66. The Balaban J connectivity index is 2.58. The van der Waals surface area contributed by atoms with Gasteiger partial charge in [-0.2, -0.15) is 0 Å². The molecule has 0 aliphatic heterocycles. The van der Waals surface area contributed by atoms with Gasteiger partial charge >= 0.3 is 11.9 Å². The predicted octanol–water partition coefficient (Wildman–Crippen LogP) is 3.47. The molecule has 0 atom stereocenters. The highest BCUT2D eigenvalue weighted by Gasteiger charge is 2.24. The maximum Gasteiger partial charge on any atom is 0.339 e. The summed E-state index contributed by atoms with van der Waals surface area (Å²) < 4.78 is 26.2. The highest BCUT2D eigenvalue weighted by Crippen LogP contribution is 2.42. The first-order valence-corrected chi connectivity index (χ1v) is 9.21. The minimum atomic E-state index is -0.540. The molecule has 0 aromatic heterocycles. The Kier molecular flexibility index (Phi) is 8.12. The fourth-order valence-corrected chi connectivity index (χ4v) is 2.66. The Morgan fingerprint density at radius 1 is 0.867 bits per heavy atom. The molecule has 7 heteroatoms. The van der Waals surface area contributed by atoms with E-state index < -0.39 is 11.9 Å². The van der Waals surface area contributed by atoms with E-state index in [0.29, 0.717) is 34.6 Å². The molecule has 0 bridgehead atoms. The molecule has 0 fully saturated rings. The highest BCUT2D eigenvalue weighted by atomic mass is 16.5. The summed E-state index contributed by atoms with van der Waals surface area (Å²) in [6.45, 7) is 2.18. The summed E-state index contributed by atoms with van der Waals surface area (Å²) in [7, 11) is 5.71. The van der Waals surface area contributed by atoms with Crippen molar-refractivity contribution in [2.24, 2.45) is 0 Å². The third-order valence-corrected chi connectivity index (χ3v) is 4.13. The van der Waals surface area contributed by atoms with Gasteiger partial charge in [-0.15, -0.1) is 0 Å². The van der Waals surface area contributed by atoms with Crippen LogP contribution in [0.5, 0.6) is 17.2 Å². The molecule has 0 aliphatic carbocycles. The molecule has 0 saturated heterocycles. The summed E-state index contributed by atoms with van der Waals surface area (Å²) in [6, 6.07) is 8.10. The van der Waals surface area contributed by atoms with E-state index in [1.165, 1.54) is 34.5 Å². The van der Waals surface area contributed by atoms with Crippen molar-refractivity contribution < 1.29 is 33.3 Å². The molecule has 7 nitrogen and oxygen atoms in total. The Morgan fingerprint density at radius 3 is 2.07 bits per heavy atom. The number of rotatable bonds is 7. The van der Waals surface area contributed by atoms with Crippen molar-refractivity contribution in [2.45, 2.75) is 13.3 Å². The zero-order valence-corrected chi connectivity index (χ0v) is 17.7. The van der Waals surface area contributed by atoms with Gasteiger partial charge in [0.1, 0.15) is 0 Å². The van der Waals surface area contributed by atoms with Gasteiger partial charge in [0.15, 0.2) is 11.5 Å². The number of benzene rings is 2. The van der Waals surface area contributed by atoms with Gasteiger partial charge in [0.05, 0.1) is 51.7 Å². The molecule has 2 aromatic carbocycles. The van der Waals surface area contributed by atoms with E-state index in [1.807, 2.05) is 6.92 Å². The molecule has 0 aliphatic rings. The van der Waals surface area contributed by atoms with E-state index in [1.54, 1.807) is 24.3 Å². The van der Waals surface area contributed by atoms with Gasteiger partial charge in [-0.25, -0.2) is 9.59 Å². The van der Waals surface area contributed by atoms with Gasteiger partial charge < -0.3 is 23.7 Å². The normalized spacial score (nSPS) is 9.77. The third kappa shape index (κ3) is 5.03. The summed E-state index contributed by atoms with van der Waals surface area (Å²) in [4.78, 5) is 24.2. The number of ether oxygens (including phenoxy) is 5. The highest BCUT2D eigenvalue weighted by molar-refractivity contribution is 5.95. The second-order valence-corrected chi connectivity index (χ2v) is 6.02. The number of esters is 2. The van der Waals surface area contributed by atoms with Crippen LogP contribution in [-0.4, -0.2) is 47.0 Å². The maximum atomic E-state index is 12.6. The van der Waals surface area contributed by atoms with E-state index in [0.717, 1.165) is 0 Å². The molecule has 158 valence electrons. The summed E-state index contributed by atoms with van der Waals surface area (Å²) in [5, 5.41) is 0. The lowest BCUT2D eigenvalue weighted by molar-refractivity contribution is 0.0503. The van der Waals surface area contributed by atoms with Gasteiger partial charge in [-0.3, -0.25) is 0 Å². The van der Waals surface area contributed by atoms with Crippen LogP contribution >= 0.6 is 0 Å². The molecule has 2 rings (SSSR count). The Labute approximate surface area is 175 Å². The Morgan fingerprint density at radius 2 is 1.53 bits per heavy atom. The van der Waals surface area contributed by atoms with Crippen LogP contribution < -0.4 is 14.2 Å².